The van der Waals surface area contributed by atoms with Crippen molar-refractivity contribution in [2.24, 2.45) is 5.73 Å². The van der Waals surface area contributed by atoms with E-state index < -0.39 is 6.10 Å². The molecule has 0 fully saturated rings. The Morgan fingerprint density at radius 2 is 2.37 bits per heavy atom. The molecule has 1 heterocycles. The molecule has 104 valence electrons. The van der Waals surface area contributed by atoms with Crippen LogP contribution < -0.4 is 15.4 Å². The average Bonchev–Trinajstić information content (AvgIpc) is 2.43. The Hall–Kier alpha value is -1.59. The van der Waals surface area contributed by atoms with Gasteiger partial charge in [0.15, 0.2) is 0 Å². The maximum atomic E-state index is 11.6. The van der Waals surface area contributed by atoms with Gasteiger partial charge in [-0.3, -0.25) is 4.79 Å². The zero-order chi connectivity index (χ0) is 13.8. The van der Waals surface area contributed by atoms with Crippen LogP contribution in [-0.4, -0.2) is 30.7 Å². The molecular weight excluding hydrogens is 244 g/mol. The zero-order valence-corrected chi connectivity index (χ0v) is 11.1. The van der Waals surface area contributed by atoms with Crippen LogP contribution in [0.1, 0.15) is 31.4 Å². The van der Waals surface area contributed by atoms with Crippen molar-refractivity contribution < 1.29 is 14.6 Å². The number of nitrogens with two attached hydrogens (primary N) is 1. The number of fused-ring (bicyclic) bond motifs is 1. The minimum atomic E-state index is -0.551. The summed E-state index contributed by atoms with van der Waals surface area (Å²) in [5.41, 5.74) is 6.98. The molecule has 0 radical (unpaired) electrons. The van der Waals surface area contributed by atoms with Crippen LogP contribution in [0.15, 0.2) is 18.2 Å². The molecule has 3 N–H and O–H groups in total. The molecule has 0 spiro atoms. The summed E-state index contributed by atoms with van der Waals surface area (Å²) in [6.45, 7) is 3.14. The molecular formula is C14H20N2O3. The van der Waals surface area contributed by atoms with Crippen LogP contribution in [0.5, 0.6) is 5.75 Å². The summed E-state index contributed by atoms with van der Waals surface area (Å²) in [5, 5.41) is 10.1. The molecule has 0 saturated heterocycles. The van der Waals surface area contributed by atoms with Crippen molar-refractivity contribution in [1.29, 1.82) is 0 Å². The fourth-order valence-electron chi connectivity index (χ4n) is 2.25. The Morgan fingerprint density at radius 3 is 3.05 bits per heavy atom. The van der Waals surface area contributed by atoms with Crippen LogP contribution in [0.2, 0.25) is 0 Å². The molecule has 0 aromatic heterocycles. The highest BCUT2D eigenvalue weighted by Crippen LogP contribution is 2.34. The number of aliphatic hydroxyl groups excluding tert-OH is 1. The van der Waals surface area contributed by atoms with Crippen molar-refractivity contribution >= 4 is 11.6 Å². The lowest BCUT2D eigenvalue weighted by molar-refractivity contribution is -0.116. The van der Waals surface area contributed by atoms with E-state index >= 15 is 0 Å². The lowest BCUT2D eigenvalue weighted by Crippen LogP contribution is -2.36. The summed E-state index contributed by atoms with van der Waals surface area (Å²) < 4.78 is 5.52. The fraction of sp³-hybridized carbons (Fsp3) is 0.500. The number of hydrogen-bond acceptors (Lipinski definition) is 4. The Balaban J connectivity index is 2.25. The summed E-state index contributed by atoms with van der Waals surface area (Å²) in [5.74, 6) is 0.675. The first kappa shape index (κ1) is 13.8. The SMILES string of the molecule is CC(=O)N1CCOc2ccc(C(O)CCCN)cc21. The molecule has 1 atom stereocenters. The second-order valence-corrected chi connectivity index (χ2v) is 4.69. The van der Waals surface area contributed by atoms with Crippen molar-refractivity contribution in [1.82, 2.24) is 0 Å². The maximum Gasteiger partial charge on any atom is 0.224 e. The summed E-state index contributed by atoms with van der Waals surface area (Å²) in [6, 6.07) is 5.48. The van der Waals surface area contributed by atoms with Crippen molar-refractivity contribution in [3.05, 3.63) is 23.8 Å². The average molecular weight is 264 g/mol. The number of anilines is 1. The quantitative estimate of drug-likeness (QED) is 0.857. The van der Waals surface area contributed by atoms with Gasteiger partial charge in [-0.15, -0.1) is 0 Å². The minimum absolute atomic E-state index is 0.0156. The highest BCUT2D eigenvalue weighted by Gasteiger charge is 2.22. The summed E-state index contributed by atoms with van der Waals surface area (Å²) in [7, 11) is 0. The van der Waals surface area contributed by atoms with Crippen molar-refractivity contribution in [3.63, 3.8) is 0 Å². The largest absolute Gasteiger partial charge is 0.490 e. The van der Waals surface area contributed by atoms with Crippen LogP contribution in [0.4, 0.5) is 5.69 Å². The van der Waals surface area contributed by atoms with E-state index in [2.05, 4.69) is 0 Å². The highest BCUT2D eigenvalue weighted by atomic mass is 16.5. The van der Waals surface area contributed by atoms with Gasteiger partial charge in [-0.25, -0.2) is 0 Å². The normalized spacial score (nSPS) is 15.6. The van der Waals surface area contributed by atoms with E-state index in [-0.39, 0.29) is 5.91 Å². The monoisotopic (exact) mass is 264 g/mol. The van der Waals surface area contributed by atoms with Gasteiger partial charge >= 0.3 is 0 Å². The number of carbonyl (C=O) groups is 1. The molecule has 1 unspecified atom stereocenters. The molecule has 1 aromatic rings. The predicted octanol–water partition coefficient (Wildman–Crippen LogP) is 1.20. The maximum absolute atomic E-state index is 11.6. The molecule has 1 amide bonds. The van der Waals surface area contributed by atoms with Gasteiger partial charge in [-0.2, -0.15) is 0 Å². The molecule has 1 aliphatic heterocycles. The number of benzene rings is 1. The molecule has 5 heteroatoms. The van der Waals surface area contributed by atoms with Gasteiger partial charge in [0.1, 0.15) is 12.4 Å². The first-order valence-corrected chi connectivity index (χ1v) is 6.56. The molecule has 0 saturated carbocycles. The van der Waals surface area contributed by atoms with Crippen LogP contribution in [0, 0.1) is 0 Å². The summed E-state index contributed by atoms with van der Waals surface area (Å²) in [4.78, 5) is 13.3. The van der Waals surface area contributed by atoms with Gasteiger partial charge in [-0.05, 0) is 37.1 Å². The Labute approximate surface area is 113 Å². The Bertz CT molecular complexity index is 462. The first-order valence-electron chi connectivity index (χ1n) is 6.56. The third-order valence-electron chi connectivity index (χ3n) is 3.29. The lowest BCUT2D eigenvalue weighted by atomic mass is 10.0. The van der Waals surface area contributed by atoms with E-state index in [0.29, 0.717) is 31.9 Å². The summed E-state index contributed by atoms with van der Waals surface area (Å²) in [6.07, 6.45) is 0.839. The molecule has 19 heavy (non-hydrogen) atoms. The van der Waals surface area contributed by atoms with Crippen LogP contribution in [0.3, 0.4) is 0 Å². The van der Waals surface area contributed by atoms with E-state index in [1.165, 1.54) is 6.92 Å². The fourth-order valence-corrected chi connectivity index (χ4v) is 2.25. The van der Waals surface area contributed by atoms with Gasteiger partial charge in [0.05, 0.1) is 18.3 Å². The van der Waals surface area contributed by atoms with Gasteiger partial charge in [0.2, 0.25) is 5.91 Å². The van der Waals surface area contributed by atoms with E-state index in [1.807, 2.05) is 18.2 Å². The Kier molecular flexibility index (Phi) is 4.39. The second-order valence-electron chi connectivity index (χ2n) is 4.69. The lowest BCUT2D eigenvalue weighted by Gasteiger charge is -2.29. The van der Waals surface area contributed by atoms with Gasteiger partial charge in [0.25, 0.3) is 0 Å². The second kappa shape index (κ2) is 6.04. The van der Waals surface area contributed by atoms with Gasteiger partial charge in [0, 0.05) is 6.92 Å². The number of hydrogen-bond donors (Lipinski definition) is 2. The van der Waals surface area contributed by atoms with Crippen LogP contribution in [-0.2, 0) is 4.79 Å². The van der Waals surface area contributed by atoms with Gasteiger partial charge in [-0.1, -0.05) is 6.07 Å². The zero-order valence-electron chi connectivity index (χ0n) is 11.1. The van der Waals surface area contributed by atoms with E-state index in [0.717, 1.165) is 17.7 Å². The van der Waals surface area contributed by atoms with E-state index in [9.17, 15) is 9.90 Å². The number of nitrogens with zero attached hydrogens (tertiary/aromatic N) is 1. The first-order chi connectivity index (χ1) is 9.13. The molecule has 2 rings (SSSR count). The minimum Gasteiger partial charge on any atom is -0.490 e. The van der Waals surface area contributed by atoms with E-state index in [1.54, 1.807) is 4.90 Å². The standard InChI is InChI=1S/C14H20N2O3/c1-10(17)16-7-8-19-14-5-4-11(9-12(14)16)13(18)3-2-6-15/h4-5,9,13,18H,2-3,6-8,15H2,1H3. The van der Waals surface area contributed by atoms with Crippen molar-refractivity contribution in [2.45, 2.75) is 25.9 Å². The van der Waals surface area contributed by atoms with Gasteiger partial charge < -0.3 is 20.5 Å². The topological polar surface area (TPSA) is 75.8 Å². The summed E-state index contributed by atoms with van der Waals surface area (Å²) >= 11 is 0. The smallest absolute Gasteiger partial charge is 0.224 e. The number of amides is 1. The predicted molar refractivity (Wildman–Crippen MR) is 73.2 cm³/mol. The molecule has 0 bridgehead atoms. The molecule has 1 aliphatic rings. The molecule has 1 aromatic carbocycles. The number of carbonyl (C=O) groups excluding carboxylic acids is 1. The van der Waals surface area contributed by atoms with Crippen molar-refractivity contribution in [2.75, 3.05) is 24.6 Å². The molecule has 5 nitrogen and oxygen atoms in total. The third-order valence-corrected chi connectivity index (χ3v) is 3.29. The number of aliphatic hydroxyl groups is 1. The number of rotatable bonds is 4. The van der Waals surface area contributed by atoms with Crippen LogP contribution >= 0.6 is 0 Å². The van der Waals surface area contributed by atoms with Crippen LogP contribution in [0.25, 0.3) is 0 Å². The highest BCUT2D eigenvalue weighted by molar-refractivity contribution is 5.93. The van der Waals surface area contributed by atoms with Crippen molar-refractivity contribution in [3.8, 4) is 5.75 Å². The third kappa shape index (κ3) is 3.05. The molecule has 0 aliphatic carbocycles. The van der Waals surface area contributed by atoms with E-state index in [4.69, 9.17) is 10.5 Å². The Morgan fingerprint density at radius 1 is 1.58 bits per heavy atom. The number of ether oxygens (including phenoxy) is 1.